The van der Waals surface area contributed by atoms with Gasteiger partial charge in [0.1, 0.15) is 5.84 Å². The average molecular weight is 174 g/mol. The monoisotopic (exact) mass is 174 g/mol. The molecule has 1 aliphatic heterocycles. The zero-order valence-corrected chi connectivity index (χ0v) is 7.31. The van der Waals surface area contributed by atoms with Gasteiger partial charge in [0.05, 0.1) is 0 Å². The van der Waals surface area contributed by atoms with Gasteiger partial charge in [-0.15, -0.1) is 0 Å². The van der Waals surface area contributed by atoms with Crippen molar-refractivity contribution in [1.29, 1.82) is 0 Å². The maximum Gasteiger partial charge on any atom is 0.142 e. The number of nitrogens with two attached hydrogens (primary N) is 1. The molecule has 0 aromatic rings. The maximum absolute atomic E-state index is 8.44. The Labute approximate surface area is 71.0 Å². The zero-order valence-electron chi connectivity index (χ0n) is 6.49. The maximum atomic E-state index is 8.44. The van der Waals surface area contributed by atoms with Gasteiger partial charge in [0, 0.05) is 5.92 Å². The Kier molecular flexibility index (Phi) is 3.56. The Morgan fingerprint density at radius 2 is 2.27 bits per heavy atom. The van der Waals surface area contributed by atoms with Gasteiger partial charge in [-0.25, -0.2) is 0 Å². The summed E-state index contributed by atoms with van der Waals surface area (Å²) in [5.41, 5.74) is 5.51. The normalized spacial score (nSPS) is 28.0. The molecule has 0 aliphatic carbocycles. The molecule has 0 aromatic heterocycles. The first-order chi connectivity index (χ1) is 5.34. The van der Waals surface area contributed by atoms with Gasteiger partial charge >= 0.3 is 0 Å². The summed E-state index contributed by atoms with van der Waals surface area (Å²) < 4.78 is 0. The van der Waals surface area contributed by atoms with Crippen molar-refractivity contribution in [3.05, 3.63) is 0 Å². The van der Waals surface area contributed by atoms with Gasteiger partial charge in [0.25, 0.3) is 0 Å². The third kappa shape index (κ3) is 2.61. The predicted octanol–water partition coefficient (Wildman–Crippen LogP) is 1.27. The van der Waals surface area contributed by atoms with Gasteiger partial charge in [-0.1, -0.05) is 5.16 Å². The lowest BCUT2D eigenvalue weighted by Crippen LogP contribution is -2.23. The van der Waals surface area contributed by atoms with Crippen molar-refractivity contribution < 1.29 is 5.21 Å². The minimum absolute atomic E-state index is 0.315. The highest BCUT2D eigenvalue weighted by Gasteiger charge is 2.15. The van der Waals surface area contributed by atoms with E-state index < -0.39 is 0 Å². The Morgan fingerprint density at radius 1 is 1.45 bits per heavy atom. The molecule has 0 radical (unpaired) electrons. The summed E-state index contributed by atoms with van der Waals surface area (Å²) in [5, 5.41) is 11.5. The molecule has 64 valence electrons. The van der Waals surface area contributed by atoms with Crippen molar-refractivity contribution in [3.8, 4) is 0 Å². The summed E-state index contributed by atoms with van der Waals surface area (Å²) in [4.78, 5) is 0. The Morgan fingerprint density at radius 3 is 3.00 bits per heavy atom. The van der Waals surface area contributed by atoms with Crippen LogP contribution in [0.2, 0.25) is 0 Å². The lowest BCUT2D eigenvalue weighted by Gasteiger charge is -2.09. The highest BCUT2D eigenvalue weighted by Crippen LogP contribution is 2.21. The number of oxime groups is 1. The van der Waals surface area contributed by atoms with Crippen LogP contribution in [0, 0.1) is 5.92 Å². The lowest BCUT2D eigenvalue weighted by molar-refractivity contribution is 0.313. The quantitative estimate of drug-likeness (QED) is 0.272. The van der Waals surface area contributed by atoms with Crippen LogP contribution in [0.5, 0.6) is 0 Å². The third-order valence-electron chi connectivity index (χ3n) is 1.99. The molecule has 0 aromatic carbocycles. The van der Waals surface area contributed by atoms with E-state index in [4.69, 9.17) is 10.9 Å². The second-order valence-corrected chi connectivity index (χ2v) is 3.99. The Hall–Kier alpha value is -0.380. The van der Waals surface area contributed by atoms with E-state index in [0.717, 1.165) is 18.6 Å². The molecule has 3 N–H and O–H groups in total. The van der Waals surface area contributed by atoms with E-state index in [1.807, 2.05) is 11.8 Å². The van der Waals surface area contributed by atoms with Crippen LogP contribution in [0.3, 0.4) is 0 Å². The molecule has 0 saturated carbocycles. The number of amidine groups is 1. The van der Waals surface area contributed by atoms with E-state index in [-0.39, 0.29) is 0 Å². The fourth-order valence-electron chi connectivity index (χ4n) is 1.28. The van der Waals surface area contributed by atoms with E-state index in [9.17, 15) is 0 Å². The molecular formula is C7H14N2OS. The smallest absolute Gasteiger partial charge is 0.142 e. The van der Waals surface area contributed by atoms with Crippen molar-refractivity contribution in [1.82, 2.24) is 0 Å². The molecule has 0 spiro atoms. The van der Waals surface area contributed by atoms with Crippen LogP contribution in [0.15, 0.2) is 5.16 Å². The molecule has 4 heteroatoms. The lowest BCUT2D eigenvalue weighted by atomic mass is 10.00. The minimum atomic E-state index is 0.315. The summed E-state index contributed by atoms with van der Waals surface area (Å²) in [7, 11) is 0. The fraction of sp³-hybridized carbons (Fsp3) is 0.857. The fourth-order valence-corrected chi connectivity index (χ4v) is 2.31. The third-order valence-corrected chi connectivity index (χ3v) is 3.09. The highest BCUT2D eigenvalue weighted by atomic mass is 32.2. The van der Waals surface area contributed by atoms with Gasteiger partial charge in [-0.05, 0) is 30.8 Å². The van der Waals surface area contributed by atoms with Gasteiger partial charge in [0.15, 0.2) is 0 Å². The molecule has 1 aliphatic rings. The topological polar surface area (TPSA) is 58.6 Å². The number of nitrogens with zero attached hydrogens (tertiary/aromatic N) is 1. The summed E-state index contributed by atoms with van der Waals surface area (Å²) in [5.74, 6) is 3.08. The zero-order chi connectivity index (χ0) is 8.10. The van der Waals surface area contributed by atoms with Crippen molar-refractivity contribution in [3.63, 3.8) is 0 Å². The van der Waals surface area contributed by atoms with Gasteiger partial charge < -0.3 is 10.9 Å². The minimum Gasteiger partial charge on any atom is -0.409 e. The van der Waals surface area contributed by atoms with E-state index in [2.05, 4.69) is 5.16 Å². The van der Waals surface area contributed by atoms with E-state index in [1.54, 1.807) is 0 Å². The standard InChI is InChI=1S/C7H14N2OS/c8-7(9-10)6-2-1-4-11-5-3-6/h6,10H,1-5H2,(H2,8,9). The van der Waals surface area contributed by atoms with E-state index >= 15 is 0 Å². The van der Waals surface area contributed by atoms with Crippen molar-refractivity contribution in [2.24, 2.45) is 16.8 Å². The number of rotatable bonds is 1. The van der Waals surface area contributed by atoms with Crippen molar-refractivity contribution in [2.75, 3.05) is 11.5 Å². The molecular weight excluding hydrogens is 160 g/mol. The van der Waals surface area contributed by atoms with Gasteiger partial charge in [0.2, 0.25) is 0 Å². The Balaban J connectivity index is 2.42. The van der Waals surface area contributed by atoms with Gasteiger partial charge in [-0.3, -0.25) is 0 Å². The summed E-state index contributed by atoms with van der Waals surface area (Å²) in [6.07, 6.45) is 3.31. The first-order valence-electron chi connectivity index (χ1n) is 3.89. The van der Waals surface area contributed by atoms with Gasteiger partial charge in [-0.2, -0.15) is 11.8 Å². The molecule has 0 bridgehead atoms. The molecule has 1 heterocycles. The molecule has 11 heavy (non-hydrogen) atoms. The Bertz CT molecular complexity index is 141. The average Bonchev–Trinajstić information content (AvgIpc) is 2.30. The van der Waals surface area contributed by atoms with Crippen molar-refractivity contribution in [2.45, 2.75) is 19.3 Å². The number of hydrogen-bond acceptors (Lipinski definition) is 3. The van der Waals surface area contributed by atoms with Crippen LogP contribution in [-0.4, -0.2) is 22.5 Å². The van der Waals surface area contributed by atoms with Crippen LogP contribution in [-0.2, 0) is 0 Å². The van der Waals surface area contributed by atoms with Crippen LogP contribution in [0.4, 0.5) is 0 Å². The molecule has 1 saturated heterocycles. The van der Waals surface area contributed by atoms with Crippen LogP contribution >= 0.6 is 11.8 Å². The van der Waals surface area contributed by atoms with Crippen LogP contribution in [0.1, 0.15) is 19.3 Å². The number of thioether (sulfide) groups is 1. The SMILES string of the molecule is N/C(=N\O)C1CCCSCC1. The molecule has 0 amide bonds. The largest absolute Gasteiger partial charge is 0.409 e. The highest BCUT2D eigenvalue weighted by molar-refractivity contribution is 7.99. The number of hydrogen-bond donors (Lipinski definition) is 2. The molecule has 1 unspecified atom stereocenters. The second-order valence-electron chi connectivity index (χ2n) is 2.77. The van der Waals surface area contributed by atoms with Crippen molar-refractivity contribution >= 4 is 17.6 Å². The summed E-state index contributed by atoms with van der Waals surface area (Å²) in [6.45, 7) is 0. The first-order valence-corrected chi connectivity index (χ1v) is 5.05. The molecule has 1 fully saturated rings. The molecule has 3 nitrogen and oxygen atoms in total. The van der Waals surface area contributed by atoms with Crippen LogP contribution < -0.4 is 5.73 Å². The predicted molar refractivity (Wildman–Crippen MR) is 48.1 cm³/mol. The summed E-state index contributed by atoms with van der Waals surface area (Å²) in [6, 6.07) is 0. The summed E-state index contributed by atoms with van der Waals surface area (Å²) >= 11 is 1.96. The van der Waals surface area contributed by atoms with E-state index in [1.165, 1.54) is 12.2 Å². The molecule has 1 rings (SSSR count). The first kappa shape index (κ1) is 8.71. The van der Waals surface area contributed by atoms with E-state index in [0.29, 0.717) is 11.8 Å². The second kappa shape index (κ2) is 4.49. The van der Waals surface area contributed by atoms with Crippen LogP contribution in [0.25, 0.3) is 0 Å². The molecule has 1 atom stereocenters.